The predicted molar refractivity (Wildman–Crippen MR) is 96.7 cm³/mol. The number of primary amides is 1. The number of nitrogens with zero attached hydrogens (tertiary/aromatic N) is 3. The molecule has 4 rings (SSSR count). The van der Waals surface area contributed by atoms with Crippen LogP contribution in [0.5, 0.6) is 0 Å². The molecule has 1 aliphatic heterocycles. The highest BCUT2D eigenvalue weighted by Crippen LogP contribution is 2.40. The number of hydrogen-bond donors (Lipinski definition) is 2. The molecule has 1 saturated heterocycles. The number of carbonyl (C=O) groups excluding carboxylic acids is 2. The number of amides is 2. The smallest absolute Gasteiger partial charge is 0.256 e. The van der Waals surface area contributed by atoms with Gasteiger partial charge in [0.25, 0.3) is 11.8 Å². The zero-order chi connectivity index (χ0) is 18.3. The number of nitrogens with one attached hydrogen (secondary N) is 1. The topological polar surface area (TPSA) is 97.0 Å². The number of aromatic nitrogens is 3. The first-order valence-corrected chi connectivity index (χ1v) is 9.37. The third-order valence-corrected chi connectivity index (χ3v) is 5.87. The Morgan fingerprint density at radius 2 is 2.00 bits per heavy atom. The lowest BCUT2D eigenvalue weighted by Gasteiger charge is -2.36. The molecule has 7 heteroatoms. The van der Waals surface area contributed by atoms with Crippen molar-refractivity contribution >= 4 is 11.8 Å². The van der Waals surface area contributed by atoms with Gasteiger partial charge in [-0.2, -0.15) is 5.10 Å². The van der Waals surface area contributed by atoms with Crippen molar-refractivity contribution in [1.29, 1.82) is 0 Å². The average Bonchev–Trinajstić information content (AvgIpc) is 3.21. The molecule has 0 aromatic carbocycles. The van der Waals surface area contributed by atoms with Crippen LogP contribution in [0.15, 0.2) is 18.5 Å². The maximum absolute atomic E-state index is 13.4. The van der Waals surface area contributed by atoms with E-state index in [1.54, 1.807) is 0 Å². The van der Waals surface area contributed by atoms with Crippen molar-refractivity contribution in [3.8, 4) is 0 Å². The van der Waals surface area contributed by atoms with Crippen LogP contribution >= 0.6 is 0 Å². The lowest BCUT2D eigenvalue weighted by Crippen LogP contribution is -2.40. The third kappa shape index (κ3) is 2.71. The van der Waals surface area contributed by atoms with Crippen LogP contribution in [0.3, 0.4) is 0 Å². The second-order valence-electron chi connectivity index (χ2n) is 7.43. The Labute approximate surface area is 152 Å². The summed E-state index contributed by atoms with van der Waals surface area (Å²) in [6, 6.07) is 1.75. The second kappa shape index (κ2) is 6.63. The van der Waals surface area contributed by atoms with Crippen LogP contribution in [0.25, 0.3) is 0 Å². The summed E-state index contributed by atoms with van der Waals surface area (Å²) in [5.74, 6) is 0.00864. The molecule has 1 atom stereocenters. The van der Waals surface area contributed by atoms with Crippen LogP contribution < -0.4 is 5.73 Å². The lowest BCUT2D eigenvalue weighted by molar-refractivity contribution is 0.0600. The van der Waals surface area contributed by atoms with Crippen molar-refractivity contribution in [2.24, 2.45) is 12.8 Å². The number of rotatable bonds is 4. The minimum absolute atomic E-state index is 0.0437. The van der Waals surface area contributed by atoms with E-state index in [9.17, 15) is 9.59 Å². The van der Waals surface area contributed by atoms with E-state index in [1.807, 2.05) is 24.2 Å². The minimum atomic E-state index is -0.512. The molecule has 1 saturated carbocycles. The largest absolute Gasteiger partial charge is 0.365 e. The molecule has 2 aliphatic rings. The summed E-state index contributed by atoms with van der Waals surface area (Å²) in [6.07, 6.45) is 9.74. The maximum Gasteiger partial charge on any atom is 0.256 e. The average molecular weight is 355 g/mol. The lowest BCUT2D eigenvalue weighted by atomic mass is 9.81. The monoisotopic (exact) mass is 355 g/mol. The van der Waals surface area contributed by atoms with Gasteiger partial charge >= 0.3 is 0 Å². The number of carbonyl (C=O) groups is 2. The summed E-state index contributed by atoms with van der Waals surface area (Å²) < 4.78 is 2.08. The van der Waals surface area contributed by atoms with Crippen molar-refractivity contribution in [2.45, 2.75) is 50.5 Å². The van der Waals surface area contributed by atoms with Crippen LogP contribution in [0, 0.1) is 0 Å². The number of hydrogen-bond acceptors (Lipinski definition) is 3. The minimum Gasteiger partial charge on any atom is -0.365 e. The van der Waals surface area contributed by atoms with Gasteiger partial charge < -0.3 is 15.2 Å². The fraction of sp³-hybridized carbons (Fsp3) is 0.526. The summed E-state index contributed by atoms with van der Waals surface area (Å²) in [5, 5.41) is 6.90. The van der Waals surface area contributed by atoms with Crippen LogP contribution in [0.4, 0.5) is 0 Å². The van der Waals surface area contributed by atoms with Crippen molar-refractivity contribution < 1.29 is 9.59 Å². The molecule has 2 aromatic rings. The molecule has 138 valence electrons. The maximum atomic E-state index is 13.4. The van der Waals surface area contributed by atoms with Gasteiger partial charge in [0.15, 0.2) is 0 Å². The highest BCUT2D eigenvalue weighted by molar-refractivity contribution is 5.97. The predicted octanol–water partition coefficient (Wildman–Crippen LogP) is 2.48. The van der Waals surface area contributed by atoms with Gasteiger partial charge in [-0.25, -0.2) is 0 Å². The number of aryl methyl sites for hydroxylation is 1. The van der Waals surface area contributed by atoms with Gasteiger partial charge in [0.2, 0.25) is 0 Å². The molecular weight excluding hydrogens is 330 g/mol. The van der Waals surface area contributed by atoms with Gasteiger partial charge in [0.05, 0.1) is 29.1 Å². The van der Waals surface area contributed by atoms with Crippen molar-refractivity contribution in [3.05, 3.63) is 41.0 Å². The summed E-state index contributed by atoms with van der Waals surface area (Å²) in [6.45, 7) is 0.680. The molecule has 0 bridgehead atoms. The molecule has 1 aliphatic carbocycles. The van der Waals surface area contributed by atoms with E-state index < -0.39 is 5.91 Å². The van der Waals surface area contributed by atoms with Crippen LogP contribution in [-0.4, -0.2) is 38.0 Å². The van der Waals surface area contributed by atoms with Crippen LogP contribution in [-0.2, 0) is 7.05 Å². The Morgan fingerprint density at radius 1 is 1.19 bits per heavy atom. The molecular formula is C19H25N5O2. The Balaban J connectivity index is 1.68. The first-order chi connectivity index (χ1) is 12.6. The number of H-pyrrole nitrogens is 1. The summed E-state index contributed by atoms with van der Waals surface area (Å²) >= 11 is 0. The summed E-state index contributed by atoms with van der Waals surface area (Å²) in [7, 11) is 2.01. The van der Waals surface area contributed by atoms with Crippen molar-refractivity contribution in [3.63, 3.8) is 0 Å². The standard InChI is InChI=1S/C19H25N5O2/c1-23-10-8-13(17(23)12-5-4-6-12)19(26)24-9-3-2-7-15(24)16-14(18(20)25)11-21-22-16/h8,10-12,15H,2-7,9H2,1H3,(H2,20,25)(H,21,22). The highest BCUT2D eigenvalue weighted by atomic mass is 16.2. The highest BCUT2D eigenvalue weighted by Gasteiger charge is 2.35. The van der Waals surface area contributed by atoms with E-state index >= 15 is 0 Å². The van der Waals surface area contributed by atoms with Crippen LogP contribution in [0.2, 0.25) is 0 Å². The van der Waals surface area contributed by atoms with E-state index in [4.69, 9.17) is 5.73 Å². The molecule has 2 fully saturated rings. The SMILES string of the molecule is Cn1ccc(C(=O)N2CCCCC2c2[nH]ncc2C(N)=O)c1C1CCC1. The Kier molecular flexibility index (Phi) is 4.30. The quantitative estimate of drug-likeness (QED) is 0.881. The van der Waals surface area contributed by atoms with E-state index in [0.717, 1.165) is 43.4 Å². The van der Waals surface area contributed by atoms with Gasteiger partial charge in [-0.1, -0.05) is 6.42 Å². The molecule has 2 aromatic heterocycles. The molecule has 0 radical (unpaired) electrons. The fourth-order valence-corrected chi connectivity index (χ4v) is 4.29. The van der Waals surface area contributed by atoms with Crippen molar-refractivity contribution in [2.75, 3.05) is 6.54 Å². The molecule has 1 unspecified atom stereocenters. The second-order valence-corrected chi connectivity index (χ2v) is 7.43. The number of nitrogens with two attached hydrogens (primary N) is 1. The van der Waals surface area contributed by atoms with E-state index in [-0.39, 0.29) is 11.9 Å². The van der Waals surface area contributed by atoms with E-state index in [0.29, 0.717) is 23.7 Å². The molecule has 26 heavy (non-hydrogen) atoms. The molecule has 3 heterocycles. The Morgan fingerprint density at radius 3 is 2.69 bits per heavy atom. The first-order valence-electron chi connectivity index (χ1n) is 9.37. The summed E-state index contributed by atoms with van der Waals surface area (Å²) in [5.41, 5.74) is 8.46. The zero-order valence-electron chi connectivity index (χ0n) is 15.1. The first kappa shape index (κ1) is 16.9. The number of likely N-dealkylation sites (tertiary alicyclic amines) is 1. The van der Waals surface area contributed by atoms with Gasteiger partial charge in [-0.3, -0.25) is 14.7 Å². The van der Waals surface area contributed by atoms with Gasteiger partial charge in [-0.15, -0.1) is 0 Å². The van der Waals surface area contributed by atoms with E-state index in [2.05, 4.69) is 14.8 Å². The molecule has 0 spiro atoms. The molecule has 2 amide bonds. The summed E-state index contributed by atoms with van der Waals surface area (Å²) in [4.78, 5) is 27.0. The number of aromatic amines is 1. The third-order valence-electron chi connectivity index (χ3n) is 5.87. The normalized spacial score (nSPS) is 20.8. The molecule has 3 N–H and O–H groups in total. The van der Waals surface area contributed by atoms with Crippen LogP contribution in [0.1, 0.15) is 82.6 Å². The Hall–Kier alpha value is -2.57. The van der Waals surface area contributed by atoms with E-state index in [1.165, 1.54) is 12.6 Å². The zero-order valence-corrected chi connectivity index (χ0v) is 15.1. The fourth-order valence-electron chi connectivity index (χ4n) is 4.29. The van der Waals surface area contributed by atoms with Gasteiger partial charge in [-0.05, 0) is 44.1 Å². The van der Waals surface area contributed by atoms with Gasteiger partial charge in [0, 0.05) is 25.5 Å². The van der Waals surface area contributed by atoms with Crippen molar-refractivity contribution in [1.82, 2.24) is 19.7 Å². The Bertz CT molecular complexity index is 833. The number of piperidine rings is 1. The molecule has 7 nitrogen and oxygen atoms in total. The van der Waals surface area contributed by atoms with Gasteiger partial charge in [0.1, 0.15) is 0 Å².